The SMILES string of the molecule is O=Cc1nc(Cl)cc2c1c(-c1ccnc(F)c1)nn2C(c1ccccc1)(c1ccccc1)c1ccccc1. The maximum Gasteiger partial charge on any atom is 0.213 e. The topological polar surface area (TPSA) is 60.7 Å². The number of nitrogens with zero attached hydrogens (tertiary/aromatic N) is 4. The Hall–Kier alpha value is -4.68. The zero-order chi connectivity index (χ0) is 26.1. The van der Waals surface area contributed by atoms with Crippen LogP contribution in [0.1, 0.15) is 27.2 Å². The summed E-state index contributed by atoms with van der Waals surface area (Å²) in [5, 5.41) is 5.74. The van der Waals surface area contributed by atoms with Crippen LogP contribution >= 0.6 is 11.6 Å². The number of carbonyl (C=O) groups excluding carboxylic acids is 1. The molecule has 6 aromatic rings. The van der Waals surface area contributed by atoms with Gasteiger partial charge in [-0.1, -0.05) is 103 Å². The molecule has 184 valence electrons. The number of rotatable bonds is 6. The monoisotopic (exact) mass is 518 g/mol. The van der Waals surface area contributed by atoms with Gasteiger partial charge in [0.15, 0.2) is 6.29 Å². The molecule has 0 aliphatic carbocycles. The number of hydrogen-bond acceptors (Lipinski definition) is 4. The summed E-state index contributed by atoms with van der Waals surface area (Å²) < 4.78 is 16.2. The summed E-state index contributed by atoms with van der Waals surface area (Å²) in [4.78, 5) is 20.2. The first-order valence-electron chi connectivity index (χ1n) is 12.0. The van der Waals surface area contributed by atoms with Crippen LogP contribution in [0.3, 0.4) is 0 Å². The molecule has 3 aromatic carbocycles. The molecule has 7 heteroatoms. The lowest BCUT2D eigenvalue weighted by Gasteiger charge is -2.37. The van der Waals surface area contributed by atoms with E-state index in [-0.39, 0.29) is 10.8 Å². The molecule has 0 aliphatic heterocycles. The molecule has 0 saturated carbocycles. The quantitative estimate of drug-likeness (QED) is 0.136. The van der Waals surface area contributed by atoms with Gasteiger partial charge in [0.25, 0.3) is 0 Å². The van der Waals surface area contributed by atoms with E-state index in [1.807, 2.05) is 95.7 Å². The van der Waals surface area contributed by atoms with E-state index in [2.05, 4.69) is 9.97 Å². The van der Waals surface area contributed by atoms with Gasteiger partial charge in [0, 0.05) is 23.9 Å². The maximum absolute atomic E-state index is 14.3. The average molecular weight is 519 g/mol. The van der Waals surface area contributed by atoms with Crippen molar-refractivity contribution in [1.29, 1.82) is 0 Å². The Bertz CT molecular complexity index is 1660. The Kier molecular flexibility index (Phi) is 6.02. The average Bonchev–Trinajstić information content (AvgIpc) is 3.34. The van der Waals surface area contributed by atoms with Gasteiger partial charge in [0.05, 0.1) is 10.9 Å². The highest BCUT2D eigenvalue weighted by Gasteiger charge is 2.41. The summed E-state index contributed by atoms with van der Waals surface area (Å²) in [6.45, 7) is 0. The number of pyridine rings is 2. The minimum Gasteiger partial charge on any atom is -0.296 e. The van der Waals surface area contributed by atoms with Crippen molar-refractivity contribution in [2.75, 3.05) is 0 Å². The van der Waals surface area contributed by atoms with E-state index < -0.39 is 11.5 Å². The minimum absolute atomic E-state index is 0.119. The van der Waals surface area contributed by atoms with Crippen LogP contribution < -0.4 is 0 Å². The zero-order valence-electron chi connectivity index (χ0n) is 20.0. The molecular formula is C31H20ClFN4O. The van der Waals surface area contributed by atoms with Crippen LogP contribution in [-0.4, -0.2) is 26.0 Å². The second kappa shape index (κ2) is 9.65. The highest BCUT2D eigenvalue weighted by molar-refractivity contribution is 6.30. The maximum atomic E-state index is 14.3. The molecular weight excluding hydrogens is 499 g/mol. The van der Waals surface area contributed by atoms with E-state index >= 15 is 0 Å². The number of aromatic nitrogens is 4. The van der Waals surface area contributed by atoms with Crippen molar-refractivity contribution in [2.45, 2.75) is 5.54 Å². The highest BCUT2D eigenvalue weighted by Crippen LogP contribution is 2.44. The predicted octanol–water partition coefficient (Wildman–Crippen LogP) is 6.94. The van der Waals surface area contributed by atoms with Gasteiger partial charge in [0.1, 0.15) is 22.1 Å². The van der Waals surface area contributed by atoms with Gasteiger partial charge >= 0.3 is 0 Å². The number of fused-ring (bicyclic) bond motifs is 1. The largest absolute Gasteiger partial charge is 0.296 e. The van der Waals surface area contributed by atoms with Crippen molar-refractivity contribution in [3.05, 3.63) is 149 Å². The summed E-state index contributed by atoms with van der Waals surface area (Å²) in [6.07, 6.45) is 2.02. The van der Waals surface area contributed by atoms with Crippen molar-refractivity contribution in [3.63, 3.8) is 0 Å². The third kappa shape index (κ3) is 3.78. The smallest absolute Gasteiger partial charge is 0.213 e. The first-order chi connectivity index (χ1) is 18.6. The molecule has 5 nitrogen and oxygen atoms in total. The number of benzene rings is 3. The van der Waals surface area contributed by atoms with Crippen molar-refractivity contribution < 1.29 is 9.18 Å². The fraction of sp³-hybridized carbons (Fsp3) is 0.0323. The molecule has 0 saturated heterocycles. The van der Waals surface area contributed by atoms with Gasteiger partial charge in [-0.05, 0) is 22.8 Å². The van der Waals surface area contributed by atoms with Gasteiger partial charge in [-0.2, -0.15) is 9.49 Å². The van der Waals surface area contributed by atoms with E-state index in [0.29, 0.717) is 28.4 Å². The van der Waals surface area contributed by atoms with Crippen LogP contribution in [0.5, 0.6) is 0 Å². The summed E-state index contributed by atoms with van der Waals surface area (Å²) in [6, 6.07) is 34.7. The lowest BCUT2D eigenvalue weighted by atomic mass is 9.77. The predicted molar refractivity (Wildman–Crippen MR) is 146 cm³/mol. The van der Waals surface area contributed by atoms with Crippen LogP contribution in [0, 0.1) is 5.95 Å². The number of aldehydes is 1. The number of carbonyl (C=O) groups is 1. The van der Waals surface area contributed by atoms with Gasteiger partial charge < -0.3 is 0 Å². The molecule has 0 atom stereocenters. The van der Waals surface area contributed by atoms with Crippen molar-refractivity contribution in [3.8, 4) is 11.3 Å². The Balaban J connectivity index is 1.85. The minimum atomic E-state index is -0.976. The van der Waals surface area contributed by atoms with E-state index in [0.717, 1.165) is 16.7 Å². The normalized spacial score (nSPS) is 11.5. The van der Waals surface area contributed by atoms with E-state index in [1.165, 1.54) is 12.3 Å². The summed E-state index contributed by atoms with van der Waals surface area (Å²) in [5.41, 5.74) is 3.41. The van der Waals surface area contributed by atoms with Gasteiger partial charge in [0.2, 0.25) is 5.95 Å². The van der Waals surface area contributed by atoms with Crippen LogP contribution in [0.2, 0.25) is 5.15 Å². The molecule has 38 heavy (non-hydrogen) atoms. The molecule has 0 bridgehead atoms. The molecule has 0 unspecified atom stereocenters. The summed E-state index contributed by atoms with van der Waals surface area (Å²) >= 11 is 6.46. The molecule has 0 radical (unpaired) electrons. The van der Waals surface area contributed by atoms with Gasteiger partial charge in [-0.15, -0.1) is 0 Å². The standard InChI is InChI=1S/C31H20ClFN4O/c32-27-19-26-29(25(20-38)35-27)30(21-16-17-34-28(33)18-21)36-37(26)31(22-10-4-1-5-11-22,23-12-6-2-7-13-23)24-14-8-3-9-15-24/h1-20H. The van der Waals surface area contributed by atoms with E-state index in [1.54, 1.807) is 12.1 Å². The fourth-order valence-electron chi connectivity index (χ4n) is 5.13. The Labute approximate surface area is 223 Å². The molecule has 3 heterocycles. The Morgan fingerprint density at radius 1 is 0.789 bits per heavy atom. The second-order valence-corrected chi connectivity index (χ2v) is 9.17. The van der Waals surface area contributed by atoms with Crippen LogP contribution in [-0.2, 0) is 5.54 Å². The van der Waals surface area contributed by atoms with Crippen molar-refractivity contribution in [2.24, 2.45) is 0 Å². The van der Waals surface area contributed by atoms with E-state index in [9.17, 15) is 9.18 Å². The lowest BCUT2D eigenvalue weighted by molar-refractivity contribution is 0.112. The third-order valence-corrected chi connectivity index (χ3v) is 6.86. The van der Waals surface area contributed by atoms with Crippen LogP contribution in [0.15, 0.2) is 115 Å². The summed E-state index contributed by atoms with van der Waals surface area (Å²) in [7, 11) is 0. The fourth-order valence-corrected chi connectivity index (χ4v) is 5.33. The number of hydrogen-bond donors (Lipinski definition) is 0. The van der Waals surface area contributed by atoms with E-state index in [4.69, 9.17) is 16.7 Å². The van der Waals surface area contributed by atoms with Gasteiger partial charge in [-0.25, -0.2) is 14.6 Å². The molecule has 6 rings (SSSR count). The second-order valence-electron chi connectivity index (χ2n) is 8.78. The van der Waals surface area contributed by atoms with Crippen molar-refractivity contribution in [1.82, 2.24) is 19.7 Å². The van der Waals surface area contributed by atoms with Gasteiger partial charge in [-0.3, -0.25) is 4.79 Å². The Morgan fingerprint density at radius 2 is 1.34 bits per heavy atom. The lowest BCUT2D eigenvalue weighted by Crippen LogP contribution is -2.38. The van der Waals surface area contributed by atoms with Crippen LogP contribution in [0.25, 0.3) is 22.2 Å². The summed E-state index contributed by atoms with van der Waals surface area (Å²) in [5.74, 6) is -0.653. The molecule has 0 N–H and O–H groups in total. The van der Waals surface area contributed by atoms with Crippen molar-refractivity contribution >= 4 is 28.8 Å². The first-order valence-corrected chi connectivity index (χ1v) is 12.3. The molecule has 3 aromatic heterocycles. The first kappa shape index (κ1) is 23.7. The number of halogens is 2. The molecule has 0 aliphatic rings. The highest BCUT2D eigenvalue weighted by atomic mass is 35.5. The van der Waals surface area contributed by atoms with Crippen LogP contribution in [0.4, 0.5) is 4.39 Å². The Morgan fingerprint density at radius 3 is 1.84 bits per heavy atom. The molecule has 0 spiro atoms. The molecule has 0 amide bonds. The zero-order valence-corrected chi connectivity index (χ0v) is 20.8. The molecule has 0 fully saturated rings. The third-order valence-electron chi connectivity index (χ3n) is 6.66.